The highest BCUT2D eigenvalue weighted by Crippen LogP contribution is 2.25. The van der Waals surface area contributed by atoms with Gasteiger partial charge in [-0.3, -0.25) is 14.6 Å². The highest BCUT2D eigenvalue weighted by atomic mass is 32.1. The molecule has 6 heteroatoms. The van der Waals surface area contributed by atoms with E-state index in [2.05, 4.69) is 65.5 Å². The zero-order valence-electron chi connectivity index (χ0n) is 17.8. The van der Waals surface area contributed by atoms with E-state index in [1.807, 2.05) is 12.1 Å². The Labute approximate surface area is 178 Å². The van der Waals surface area contributed by atoms with Gasteiger partial charge >= 0.3 is 0 Å². The maximum atomic E-state index is 12.7. The van der Waals surface area contributed by atoms with Gasteiger partial charge in [0.05, 0.1) is 19.3 Å². The van der Waals surface area contributed by atoms with Crippen LogP contribution in [0.3, 0.4) is 0 Å². The van der Waals surface area contributed by atoms with Gasteiger partial charge in [0.1, 0.15) is 0 Å². The Kier molecular flexibility index (Phi) is 8.24. The van der Waals surface area contributed by atoms with E-state index < -0.39 is 0 Å². The largest absolute Gasteiger partial charge is 0.379 e. The molecule has 3 rings (SSSR count). The molecule has 29 heavy (non-hydrogen) atoms. The molecule has 0 radical (unpaired) electrons. The molecule has 1 saturated heterocycles. The van der Waals surface area contributed by atoms with Gasteiger partial charge in [-0.25, -0.2) is 0 Å². The minimum absolute atomic E-state index is 0.0115. The van der Waals surface area contributed by atoms with E-state index in [-0.39, 0.29) is 11.9 Å². The predicted molar refractivity (Wildman–Crippen MR) is 119 cm³/mol. The standard InChI is InChI=1S/C23H33N3O2S/c1-4-25(18(2)3)17-19-7-9-20(10-8-19)23(27)24-16-21(22-6-5-15-29-22)26-11-13-28-14-12-26/h5-10,15,18,21H,4,11-14,16-17H2,1-3H3,(H,24,27). The monoisotopic (exact) mass is 415 g/mol. The zero-order valence-corrected chi connectivity index (χ0v) is 18.6. The van der Waals surface area contributed by atoms with Gasteiger partial charge in [0, 0.05) is 42.7 Å². The first-order chi connectivity index (χ1) is 14.1. The maximum absolute atomic E-state index is 12.7. The van der Waals surface area contributed by atoms with Gasteiger partial charge in [0.2, 0.25) is 0 Å². The fourth-order valence-corrected chi connectivity index (χ4v) is 4.59. The number of nitrogens with zero attached hydrogens (tertiary/aromatic N) is 2. The van der Waals surface area contributed by atoms with E-state index in [0.717, 1.165) is 39.4 Å². The Morgan fingerprint density at radius 1 is 1.21 bits per heavy atom. The summed E-state index contributed by atoms with van der Waals surface area (Å²) in [5.41, 5.74) is 1.95. The third-order valence-corrected chi connectivity index (χ3v) is 6.53. The molecule has 0 bridgehead atoms. The van der Waals surface area contributed by atoms with Crippen LogP contribution in [-0.4, -0.2) is 61.1 Å². The number of amides is 1. The summed E-state index contributed by atoms with van der Waals surface area (Å²) in [7, 11) is 0. The summed E-state index contributed by atoms with van der Waals surface area (Å²) in [6.45, 7) is 12.4. The third kappa shape index (κ3) is 6.12. The number of carbonyl (C=O) groups is 1. The van der Waals surface area contributed by atoms with Crippen molar-refractivity contribution < 1.29 is 9.53 Å². The maximum Gasteiger partial charge on any atom is 0.251 e. The molecule has 1 aromatic carbocycles. The van der Waals surface area contributed by atoms with Crippen molar-refractivity contribution in [3.8, 4) is 0 Å². The van der Waals surface area contributed by atoms with Crippen LogP contribution in [0.5, 0.6) is 0 Å². The summed E-state index contributed by atoms with van der Waals surface area (Å²) in [6.07, 6.45) is 0. The minimum atomic E-state index is -0.0115. The molecule has 0 saturated carbocycles. The first kappa shape index (κ1) is 22.0. The van der Waals surface area contributed by atoms with Crippen LogP contribution in [0.25, 0.3) is 0 Å². The number of rotatable bonds is 9. The topological polar surface area (TPSA) is 44.8 Å². The van der Waals surface area contributed by atoms with Crippen LogP contribution in [0.2, 0.25) is 0 Å². The summed E-state index contributed by atoms with van der Waals surface area (Å²) in [6, 6.07) is 13.0. The Morgan fingerprint density at radius 2 is 1.93 bits per heavy atom. The normalized spacial score (nSPS) is 16.3. The Balaban J connectivity index is 1.59. The first-order valence-electron chi connectivity index (χ1n) is 10.5. The molecule has 5 nitrogen and oxygen atoms in total. The molecule has 1 aliphatic heterocycles. The highest BCUT2D eigenvalue weighted by Gasteiger charge is 2.24. The Bertz CT molecular complexity index is 740. The van der Waals surface area contributed by atoms with Crippen molar-refractivity contribution in [3.63, 3.8) is 0 Å². The Hall–Kier alpha value is -1.73. The molecule has 1 aliphatic rings. The molecule has 0 spiro atoms. The van der Waals surface area contributed by atoms with Crippen LogP contribution >= 0.6 is 11.3 Å². The fraction of sp³-hybridized carbons (Fsp3) is 0.522. The van der Waals surface area contributed by atoms with Gasteiger partial charge in [-0.1, -0.05) is 25.1 Å². The van der Waals surface area contributed by atoms with Crippen LogP contribution < -0.4 is 5.32 Å². The number of thiophene rings is 1. The van der Waals surface area contributed by atoms with Crippen molar-refractivity contribution in [2.75, 3.05) is 39.4 Å². The number of benzene rings is 1. The summed E-state index contributed by atoms with van der Waals surface area (Å²) in [5.74, 6) is -0.0115. The lowest BCUT2D eigenvalue weighted by Gasteiger charge is -2.34. The molecule has 1 atom stereocenters. The first-order valence-corrected chi connectivity index (χ1v) is 11.4. The number of carbonyl (C=O) groups excluding carboxylic acids is 1. The number of nitrogens with one attached hydrogen (secondary N) is 1. The van der Waals surface area contributed by atoms with Gasteiger partial charge in [0.25, 0.3) is 5.91 Å². The molecule has 2 heterocycles. The van der Waals surface area contributed by atoms with Gasteiger partial charge in [-0.05, 0) is 49.5 Å². The molecule has 1 N–H and O–H groups in total. The molecular formula is C23H33N3O2S. The van der Waals surface area contributed by atoms with E-state index in [1.165, 1.54) is 10.4 Å². The van der Waals surface area contributed by atoms with Gasteiger partial charge in [-0.2, -0.15) is 0 Å². The summed E-state index contributed by atoms with van der Waals surface area (Å²) in [4.78, 5) is 18.8. The lowest BCUT2D eigenvalue weighted by Crippen LogP contribution is -2.43. The molecular weight excluding hydrogens is 382 g/mol. The zero-order chi connectivity index (χ0) is 20.6. The fourth-order valence-electron chi connectivity index (χ4n) is 3.73. The molecule has 0 aliphatic carbocycles. The lowest BCUT2D eigenvalue weighted by molar-refractivity contribution is 0.0169. The van der Waals surface area contributed by atoms with Crippen LogP contribution in [0.4, 0.5) is 0 Å². The van der Waals surface area contributed by atoms with Crippen LogP contribution in [-0.2, 0) is 11.3 Å². The summed E-state index contributed by atoms with van der Waals surface area (Å²) in [5, 5.41) is 5.25. The SMILES string of the molecule is CCN(Cc1ccc(C(=O)NCC(c2cccs2)N2CCOCC2)cc1)C(C)C. The Morgan fingerprint density at radius 3 is 2.52 bits per heavy atom. The molecule has 1 fully saturated rings. The van der Waals surface area contributed by atoms with Crippen molar-refractivity contribution in [1.82, 2.24) is 15.1 Å². The van der Waals surface area contributed by atoms with Gasteiger partial charge in [-0.15, -0.1) is 11.3 Å². The van der Waals surface area contributed by atoms with Crippen molar-refractivity contribution in [1.29, 1.82) is 0 Å². The second-order valence-corrected chi connectivity index (χ2v) is 8.72. The predicted octanol–water partition coefficient (Wildman–Crippen LogP) is 3.78. The van der Waals surface area contributed by atoms with Crippen molar-refractivity contribution in [2.45, 2.75) is 39.4 Å². The number of hydrogen-bond acceptors (Lipinski definition) is 5. The van der Waals surface area contributed by atoms with Crippen molar-refractivity contribution in [3.05, 3.63) is 57.8 Å². The van der Waals surface area contributed by atoms with Crippen LogP contribution in [0.15, 0.2) is 41.8 Å². The molecule has 1 amide bonds. The van der Waals surface area contributed by atoms with Gasteiger partial charge in [0.15, 0.2) is 0 Å². The van der Waals surface area contributed by atoms with Crippen LogP contribution in [0, 0.1) is 0 Å². The van der Waals surface area contributed by atoms with E-state index in [0.29, 0.717) is 18.2 Å². The summed E-state index contributed by atoms with van der Waals surface area (Å²) < 4.78 is 5.49. The van der Waals surface area contributed by atoms with Crippen LogP contribution in [0.1, 0.15) is 47.6 Å². The minimum Gasteiger partial charge on any atom is -0.379 e. The number of morpholine rings is 1. The average molecular weight is 416 g/mol. The van der Waals surface area contributed by atoms with E-state index >= 15 is 0 Å². The second-order valence-electron chi connectivity index (χ2n) is 7.74. The highest BCUT2D eigenvalue weighted by molar-refractivity contribution is 7.10. The average Bonchev–Trinajstić information content (AvgIpc) is 3.27. The summed E-state index contributed by atoms with van der Waals surface area (Å²) >= 11 is 1.75. The molecule has 2 aromatic rings. The lowest BCUT2D eigenvalue weighted by atomic mass is 10.1. The molecule has 158 valence electrons. The van der Waals surface area contributed by atoms with E-state index in [9.17, 15) is 4.79 Å². The second kappa shape index (κ2) is 10.9. The quantitative estimate of drug-likeness (QED) is 0.677. The van der Waals surface area contributed by atoms with Crippen molar-refractivity contribution in [2.24, 2.45) is 0 Å². The number of hydrogen-bond donors (Lipinski definition) is 1. The third-order valence-electron chi connectivity index (χ3n) is 5.55. The smallest absolute Gasteiger partial charge is 0.251 e. The van der Waals surface area contributed by atoms with E-state index in [1.54, 1.807) is 11.3 Å². The van der Waals surface area contributed by atoms with E-state index in [4.69, 9.17) is 4.74 Å². The number of ether oxygens (including phenoxy) is 1. The molecule has 1 unspecified atom stereocenters. The van der Waals surface area contributed by atoms with Crippen molar-refractivity contribution >= 4 is 17.2 Å². The molecule has 1 aromatic heterocycles. The van der Waals surface area contributed by atoms with Gasteiger partial charge < -0.3 is 10.1 Å².